The van der Waals surface area contributed by atoms with Gasteiger partial charge in [0.15, 0.2) is 0 Å². The van der Waals surface area contributed by atoms with Crippen molar-refractivity contribution in [3.8, 4) is 5.75 Å². The van der Waals surface area contributed by atoms with Gasteiger partial charge in [-0.15, -0.1) is 0 Å². The van der Waals surface area contributed by atoms with Crippen LogP contribution in [-0.4, -0.2) is 19.6 Å². The zero-order valence-electron chi connectivity index (χ0n) is 11.1. The van der Waals surface area contributed by atoms with Gasteiger partial charge < -0.3 is 9.64 Å². The second-order valence-electron chi connectivity index (χ2n) is 4.68. The first kappa shape index (κ1) is 12.7. The molecule has 0 atom stereocenters. The van der Waals surface area contributed by atoms with E-state index < -0.39 is 5.82 Å². The maximum Gasteiger partial charge on any atom is 0.261 e. The highest BCUT2D eigenvalue weighted by molar-refractivity contribution is 6.07. The Morgan fingerprint density at radius 3 is 2.80 bits per heavy atom. The van der Waals surface area contributed by atoms with Crippen molar-refractivity contribution in [3.63, 3.8) is 0 Å². The van der Waals surface area contributed by atoms with E-state index in [2.05, 4.69) is 0 Å². The highest BCUT2D eigenvalue weighted by Gasteiger charge is 2.26. The second-order valence-corrected chi connectivity index (χ2v) is 4.68. The van der Waals surface area contributed by atoms with E-state index >= 15 is 0 Å². The Hall–Kier alpha value is -2.36. The number of halogens is 1. The van der Waals surface area contributed by atoms with Crippen LogP contribution in [0.2, 0.25) is 0 Å². The molecule has 0 saturated heterocycles. The molecule has 0 fully saturated rings. The Morgan fingerprint density at radius 2 is 2.05 bits per heavy atom. The maximum absolute atomic E-state index is 14.0. The molecule has 1 aliphatic heterocycles. The lowest BCUT2D eigenvalue weighted by atomic mass is 10.1. The number of rotatable bonds is 2. The molecule has 0 unspecified atom stereocenters. The molecule has 2 aromatic carbocycles. The summed E-state index contributed by atoms with van der Waals surface area (Å²) in [6.07, 6.45) is 0.805. The van der Waals surface area contributed by atoms with Gasteiger partial charge >= 0.3 is 0 Å². The van der Waals surface area contributed by atoms with Crippen LogP contribution in [0.4, 0.5) is 10.1 Å². The molecule has 20 heavy (non-hydrogen) atoms. The number of carbonyl (C=O) groups is 1. The van der Waals surface area contributed by atoms with Crippen LogP contribution in [-0.2, 0) is 6.42 Å². The van der Waals surface area contributed by atoms with Gasteiger partial charge in [0.05, 0.1) is 12.7 Å². The van der Waals surface area contributed by atoms with Crippen molar-refractivity contribution < 1.29 is 13.9 Å². The number of methoxy groups -OCH3 is 1. The SMILES string of the molecule is COc1ccc(C(=O)N2CCc3ccccc32)c(F)c1. The van der Waals surface area contributed by atoms with Gasteiger partial charge in [-0.25, -0.2) is 4.39 Å². The van der Waals surface area contributed by atoms with Crippen LogP contribution in [0.15, 0.2) is 42.5 Å². The van der Waals surface area contributed by atoms with Gasteiger partial charge in [0.2, 0.25) is 0 Å². The predicted octanol–water partition coefficient (Wildman–Crippen LogP) is 3.04. The van der Waals surface area contributed by atoms with E-state index in [1.54, 1.807) is 11.0 Å². The van der Waals surface area contributed by atoms with Crippen molar-refractivity contribution in [2.45, 2.75) is 6.42 Å². The fraction of sp³-hybridized carbons (Fsp3) is 0.188. The molecule has 0 bridgehead atoms. The van der Waals surface area contributed by atoms with Crippen LogP contribution < -0.4 is 9.64 Å². The molecule has 0 N–H and O–H groups in total. The van der Waals surface area contributed by atoms with E-state index in [-0.39, 0.29) is 11.5 Å². The summed E-state index contributed by atoms with van der Waals surface area (Å²) in [6.45, 7) is 0.587. The molecule has 0 aromatic heterocycles. The third-order valence-electron chi connectivity index (χ3n) is 3.54. The third kappa shape index (κ3) is 2.03. The number of amides is 1. The smallest absolute Gasteiger partial charge is 0.261 e. The van der Waals surface area contributed by atoms with Gasteiger partial charge in [0.25, 0.3) is 5.91 Å². The molecule has 1 amide bonds. The van der Waals surface area contributed by atoms with Gasteiger partial charge in [-0.1, -0.05) is 18.2 Å². The van der Waals surface area contributed by atoms with Crippen LogP contribution in [0.5, 0.6) is 5.75 Å². The van der Waals surface area contributed by atoms with Crippen LogP contribution >= 0.6 is 0 Å². The number of anilines is 1. The second kappa shape index (κ2) is 4.96. The molecule has 0 spiro atoms. The first-order valence-electron chi connectivity index (χ1n) is 6.44. The molecule has 3 rings (SSSR count). The Balaban J connectivity index is 1.95. The number of hydrogen-bond donors (Lipinski definition) is 0. The molecule has 1 heterocycles. The summed E-state index contributed by atoms with van der Waals surface area (Å²) in [4.78, 5) is 14.1. The zero-order chi connectivity index (χ0) is 14.1. The van der Waals surface area contributed by atoms with E-state index in [9.17, 15) is 9.18 Å². The minimum Gasteiger partial charge on any atom is -0.497 e. The van der Waals surface area contributed by atoms with E-state index in [1.807, 2.05) is 24.3 Å². The van der Waals surface area contributed by atoms with Crippen LogP contribution in [0.3, 0.4) is 0 Å². The Kier molecular flexibility index (Phi) is 3.14. The number of benzene rings is 2. The molecular weight excluding hydrogens is 257 g/mol. The molecule has 0 saturated carbocycles. The van der Waals surface area contributed by atoms with Gasteiger partial charge in [0.1, 0.15) is 11.6 Å². The van der Waals surface area contributed by atoms with Crippen molar-refractivity contribution in [1.29, 1.82) is 0 Å². The molecule has 0 radical (unpaired) electrons. The fourth-order valence-corrected chi connectivity index (χ4v) is 2.49. The average Bonchev–Trinajstić information content (AvgIpc) is 2.90. The number of ether oxygens (including phenoxy) is 1. The molecule has 3 nitrogen and oxygen atoms in total. The topological polar surface area (TPSA) is 29.5 Å². The van der Waals surface area contributed by atoms with Gasteiger partial charge in [0, 0.05) is 18.3 Å². The number of nitrogens with zero attached hydrogens (tertiary/aromatic N) is 1. The van der Waals surface area contributed by atoms with Gasteiger partial charge in [-0.05, 0) is 30.2 Å². The number of hydrogen-bond acceptors (Lipinski definition) is 2. The van der Waals surface area contributed by atoms with Gasteiger partial charge in [-0.3, -0.25) is 4.79 Å². The lowest BCUT2D eigenvalue weighted by molar-refractivity contribution is 0.0985. The van der Waals surface area contributed by atoms with Crippen molar-refractivity contribution in [2.24, 2.45) is 0 Å². The highest BCUT2D eigenvalue weighted by Crippen LogP contribution is 2.29. The Labute approximate surface area is 116 Å². The van der Waals surface area contributed by atoms with E-state index in [0.717, 1.165) is 17.7 Å². The lowest BCUT2D eigenvalue weighted by Gasteiger charge is -2.17. The number of carbonyl (C=O) groups excluding carboxylic acids is 1. The average molecular weight is 271 g/mol. The van der Waals surface area contributed by atoms with Gasteiger partial charge in [-0.2, -0.15) is 0 Å². The standard InChI is InChI=1S/C16H14FNO2/c1-20-12-6-7-13(14(17)10-12)16(19)18-9-8-11-4-2-3-5-15(11)18/h2-7,10H,8-9H2,1H3. The Bertz CT molecular complexity index is 669. The van der Waals surface area contributed by atoms with Crippen molar-refractivity contribution in [2.75, 3.05) is 18.6 Å². The largest absolute Gasteiger partial charge is 0.497 e. The summed E-state index contributed by atoms with van der Waals surface area (Å²) in [7, 11) is 1.47. The summed E-state index contributed by atoms with van der Waals surface area (Å²) >= 11 is 0. The molecular formula is C16H14FNO2. The maximum atomic E-state index is 14.0. The van der Waals surface area contributed by atoms with Crippen LogP contribution in [0.1, 0.15) is 15.9 Å². The summed E-state index contributed by atoms with van der Waals surface area (Å²) in [6, 6.07) is 12.0. The van der Waals surface area contributed by atoms with E-state index in [4.69, 9.17) is 4.74 Å². The summed E-state index contributed by atoms with van der Waals surface area (Å²) in [5.74, 6) is -0.463. The van der Waals surface area contributed by atoms with E-state index in [0.29, 0.717) is 12.3 Å². The first-order chi connectivity index (χ1) is 9.70. The summed E-state index contributed by atoms with van der Waals surface area (Å²) in [5, 5.41) is 0. The number of fused-ring (bicyclic) bond motifs is 1. The molecule has 1 aliphatic rings. The molecule has 2 aromatic rings. The van der Waals surface area contributed by atoms with E-state index in [1.165, 1.54) is 19.2 Å². The normalized spacial score (nSPS) is 13.2. The fourth-order valence-electron chi connectivity index (χ4n) is 2.49. The third-order valence-corrected chi connectivity index (χ3v) is 3.54. The van der Waals surface area contributed by atoms with Crippen LogP contribution in [0, 0.1) is 5.82 Å². The lowest BCUT2D eigenvalue weighted by Crippen LogP contribution is -2.29. The predicted molar refractivity (Wildman–Crippen MR) is 74.8 cm³/mol. The monoisotopic (exact) mass is 271 g/mol. The highest BCUT2D eigenvalue weighted by atomic mass is 19.1. The van der Waals surface area contributed by atoms with Crippen molar-refractivity contribution in [1.82, 2.24) is 0 Å². The van der Waals surface area contributed by atoms with Crippen LogP contribution in [0.25, 0.3) is 0 Å². The molecule has 0 aliphatic carbocycles. The quantitative estimate of drug-likeness (QED) is 0.840. The number of para-hydroxylation sites is 1. The summed E-state index contributed by atoms with van der Waals surface area (Å²) in [5.41, 5.74) is 2.06. The van der Waals surface area contributed by atoms with Crippen molar-refractivity contribution in [3.05, 3.63) is 59.4 Å². The minimum absolute atomic E-state index is 0.0718. The summed E-state index contributed by atoms with van der Waals surface area (Å²) < 4.78 is 18.9. The molecule has 4 heteroatoms. The van der Waals surface area contributed by atoms with Crippen molar-refractivity contribution >= 4 is 11.6 Å². The molecule has 102 valence electrons. The minimum atomic E-state index is -0.557. The Morgan fingerprint density at radius 1 is 1.25 bits per heavy atom. The zero-order valence-corrected chi connectivity index (χ0v) is 11.1. The first-order valence-corrected chi connectivity index (χ1v) is 6.44.